The van der Waals surface area contributed by atoms with Crippen LogP contribution in [0.1, 0.15) is 45.2 Å². The molecule has 0 aromatic heterocycles. The van der Waals surface area contributed by atoms with Gasteiger partial charge in [-0.25, -0.2) is 12.8 Å². The van der Waals surface area contributed by atoms with E-state index >= 15 is 0 Å². The van der Waals surface area contributed by atoms with E-state index < -0.39 is 16.1 Å². The molecule has 0 aliphatic carbocycles. The maximum absolute atomic E-state index is 14.2. The number of nitrogens with zero attached hydrogens (tertiary/aromatic N) is 2. The highest BCUT2D eigenvalue weighted by atomic mass is 32.2. The molecular formula is C28H37FN2O4S. The second-order valence-electron chi connectivity index (χ2n) is 10.1. The van der Waals surface area contributed by atoms with Gasteiger partial charge in [-0.1, -0.05) is 50.8 Å². The molecule has 0 spiro atoms. The van der Waals surface area contributed by atoms with Gasteiger partial charge in [0.1, 0.15) is 22.6 Å². The van der Waals surface area contributed by atoms with E-state index in [0.29, 0.717) is 30.1 Å². The summed E-state index contributed by atoms with van der Waals surface area (Å²) in [5.74, 6) is 6.47. The zero-order valence-electron chi connectivity index (χ0n) is 21.7. The SMILES string of the molecule is CC(C)CC#Cc1ccc2c(c1)O[C@@H](CN(C)Cc1ccccc1F)[C@@H](C)CN([C@H](C)CO)S2(=O)=O. The summed E-state index contributed by atoms with van der Waals surface area (Å²) >= 11 is 0. The molecule has 0 saturated heterocycles. The first-order valence-corrected chi connectivity index (χ1v) is 13.8. The number of hydrogen-bond acceptors (Lipinski definition) is 5. The lowest BCUT2D eigenvalue weighted by molar-refractivity contribution is 0.0731. The largest absolute Gasteiger partial charge is 0.487 e. The lowest BCUT2D eigenvalue weighted by Crippen LogP contribution is -2.49. The van der Waals surface area contributed by atoms with Gasteiger partial charge in [-0.3, -0.25) is 4.90 Å². The molecule has 1 aliphatic rings. The van der Waals surface area contributed by atoms with Crippen LogP contribution < -0.4 is 4.74 Å². The van der Waals surface area contributed by atoms with Gasteiger partial charge >= 0.3 is 0 Å². The molecule has 196 valence electrons. The Morgan fingerprint density at radius 1 is 1.22 bits per heavy atom. The molecule has 1 aliphatic heterocycles. The standard InChI is InChI=1S/C28H37FN2O4S/c1-20(2)9-8-10-23-13-14-28-26(15-23)35-27(18-30(5)17-24-11-6-7-12-25(24)29)21(3)16-31(22(4)19-32)36(28,33)34/h6-7,11-15,20-22,27,32H,9,16-19H2,1-5H3/t21-,22+,27-/m0/s1. The normalized spacial score (nSPS) is 20.6. The highest BCUT2D eigenvalue weighted by molar-refractivity contribution is 7.89. The van der Waals surface area contributed by atoms with Gasteiger partial charge in [0.15, 0.2) is 0 Å². The van der Waals surface area contributed by atoms with Crippen LogP contribution >= 0.6 is 0 Å². The molecule has 8 heteroatoms. The minimum atomic E-state index is -3.91. The van der Waals surface area contributed by atoms with E-state index in [1.54, 1.807) is 37.3 Å². The second kappa shape index (κ2) is 12.2. The fourth-order valence-electron chi connectivity index (χ4n) is 4.17. The Kier molecular flexibility index (Phi) is 9.53. The maximum Gasteiger partial charge on any atom is 0.247 e. The number of fused-ring (bicyclic) bond motifs is 1. The van der Waals surface area contributed by atoms with Gasteiger partial charge in [0, 0.05) is 49.1 Å². The van der Waals surface area contributed by atoms with Crippen molar-refractivity contribution in [1.82, 2.24) is 9.21 Å². The van der Waals surface area contributed by atoms with Crippen LogP contribution in [-0.4, -0.2) is 61.6 Å². The third-order valence-corrected chi connectivity index (χ3v) is 8.32. The van der Waals surface area contributed by atoms with Gasteiger partial charge in [-0.15, -0.1) is 0 Å². The summed E-state index contributed by atoms with van der Waals surface area (Å²) in [4.78, 5) is 2.03. The van der Waals surface area contributed by atoms with Crippen LogP contribution in [-0.2, 0) is 16.6 Å². The van der Waals surface area contributed by atoms with Crippen LogP contribution in [0, 0.1) is 29.5 Å². The molecule has 0 saturated carbocycles. The lowest BCUT2D eigenvalue weighted by Gasteiger charge is -2.37. The van der Waals surface area contributed by atoms with Crippen LogP contribution in [0.3, 0.4) is 0 Å². The van der Waals surface area contributed by atoms with Crippen LogP contribution in [0.25, 0.3) is 0 Å². The van der Waals surface area contributed by atoms with Gasteiger partial charge in [0.2, 0.25) is 10.0 Å². The number of sulfonamides is 1. The topological polar surface area (TPSA) is 70.1 Å². The number of aliphatic hydroxyl groups is 1. The summed E-state index contributed by atoms with van der Waals surface area (Å²) < 4.78 is 49.1. The first-order valence-electron chi connectivity index (χ1n) is 12.4. The lowest BCUT2D eigenvalue weighted by atomic mass is 10.0. The van der Waals surface area contributed by atoms with E-state index in [2.05, 4.69) is 25.7 Å². The number of ether oxygens (including phenoxy) is 1. The summed E-state index contributed by atoms with van der Waals surface area (Å²) in [6.07, 6.45) is 0.363. The molecule has 3 atom stereocenters. The van der Waals surface area contributed by atoms with Gasteiger partial charge < -0.3 is 9.84 Å². The van der Waals surface area contributed by atoms with Crippen molar-refractivity contribution in [2.45, 2.75) is 57.7 Å². The van der Waals surface area contributed by atoms with Gasteiger partial charge in [-0.05, 0) is 44.2 Å². The molecular weight excluding hydrogens is 479 g/mol. The molecule has 0 fully saturated rings. The number of benzene rings is 2. The fourth-order valence-corrected chi connectivity index (χ4v) is 5.99. The second-order valence-corrected chi connectivity index (χ2v) is 11.9. The molecule has 0 amide bonds. The Labute approximate surface area is 215 Å². The number of hydrogen-bond donors (Lipinski definition) is 1. The molecule has 1 N–H and O–H groups in total. The Balaban J connectivity index is 1.97. The average Bonchev–Trinajstić information content (AvgIpc) is 2.82. The molecule has 3 rings (SSSR count). The third kappa shape index (κ3) is 6.86. The summed E-state index contributed by atoms with van der Waals surface area (Å²) in [5, 5.41) is 9.80. The Morgan fingerprint density at radius 2 is 1.94 bits per heavy atom. The van der Waals surface area contributed by atoms with Crippen LogP contribution in [0.2, 0.25) is 0 Å². The van der Waals surface area contributed by atoms with E-state index in [0.717, 1.165) is 6.42 Å². The van der Waals surface area contributed by atoms with Crippen LogP contribution in [0.5, 0.6) is 5.75 Å². The zero-order chi connectivity index (χ0) is 26.5. The third-order valence-electron chi connectivity index (χ3n) is 6.30. The first kappa shape index (κ1) is 28.1. The number of likely N-dealkylation sites (N-methyl/N-ethyl adjacent to an activating group) is 1. The fraction of sp³-hybridized carbons (Fsp3) is 0.500. The number of rotatable bonds is 7. The molecule has 0 unspecified atom stereocenters. The van der Waals surface area contributed by atoms with Crippen molar-refractivity contribution in [3.8, 4) is 17.6 Å². The van der Waals surface area contributed by atoms with Gasteiger partial charge in [0.25, 0.3) is 0 Å². The summed E-state index contributed by atoms with van der Waals surface area (Å²) in [6, 6.07) is 11.0. The van der Waals surface area contributed by atoms with Crippen molar-refractivity contribution in [1.29, 1.82) is 0 Å². The molecule has 2 aromatic carbocycles. The number of halogens is 1. The highest BCUT2D eigenvalue weighted by Gasteiger charge is 2.38. The molecule has 0 radical (unpaired) electrons. The minimum Gasteiger partial charge on any atom is -0.487 e. The van der Waals surface area contributed by atoms with E-state index in [1.807, 2.05) is 18.9 Å². The van der Waals surface area contributed by atoms with E-state index in [1.165, 1.54) is 16.4 Å². The van der Waals surface area contributed by atoms with Crippen molar-refractivity contribution < 1.29 is 22.7 Å². The Morgan fingerprint density at radius 3 is 2.61 bits per heavy atom. The highest BCUT2D eigenvalue weighted by Crippen LogP contribution is 2.34. The van der Waals surface area contributed by atoms with Gasteiger partial charge in [-0.2, -0.15) is 4.31 Å². The summed E-state index contributed by atoms with van der Waals surface area (Å²) in [5.41, 5.74) is 1.26. The molecule has 0 bridgehead atoms. The van der Waals surface area contributed by atoms with E-state index in [4.69, 9.17) is 4.74 Å². The minimum absolute atomic E-state index is 0.0610. The maximum atomic E-state index is 14.2. The average molecular weight is 517 g/mol. The van der Waals surface area contributed by atoms with Crippen LogP contribution in [0.4, 0.5) is 4.39 Å². The quantitative estimate of drug-likeness (QED) is 0.561. The van der Waals surface area contributed by atoms with Crippen molar-refractivity contribution in [2.75, 3.05) is 26.7 Å². The molecule has 1 heterocycles. The zero-order valence-corrected chi connectivity index (χ0v) is 22.6. The smallest absolute Gasteiger partial charge is 0.247 e. The van der Waals surface area contributed by atoms with E-state index in [9.17, 15) is 17.9 Å². The molecule has 6 nitrogen and oxygen atoms in total. The Bertz CT molecular complexity index is 1210. The predicted octanol–water partition coefficient (Wildman–Crippen LogP) is 4.12. The van der Waals surface area contributed by atoms with Crippen molar-refractivity contribution >= 4 is 10.0 Å². The molecule has 36 heavy (non-hydrogen) atoms. The van der Waals surface area contributed by atoms with Crippen molar-refractivity contribution in [2.24, 2.45) is 11.8 Å². The monoisotopic (exact) mass is 516 g/mol. The predicted molar refractivity (Wildman–Crippen MR) is 140 cm³/mol. The molecule has 2 aromatic rings. The summed E-state index contributed by atoms with van der Waals surface area (Å²) in [7, 11) is -2.02. The van der Waals surface area contributed by atoms with Crippen molar-refractivity contribution in [3.05, 3.63) is 59.4 Å². The first-order chi connectivity index (χ1) is 17.0. The van der Waals surface area contributed by atoms with E-state index in [-0.39, 0.29) is 41.6 Å². The summed E-state index contributed by atoms with van der Waals surface area (Å²) in [6.45, 7) is 8.55. The number of aliphatic hydroxyl groups excluding tert-OH is 1. The van der Waals surface area contributed by atoms with Crippen molar-refractivity contribution in [3.63, 3.8) is 0 Å². The Hall–Kier alpha value is -2.44. The van der Waals surface area contributed by atoms with Crippen LogP contribution in [0.15, 0.2) is 47.4 Å². The van der Waals surface area contributed by atoms with Gasteiger partial charge in [0.05, 0.1) is 6.61 Å².